The van der Waals surface area contributed by atoms with Gasteiger partial charge in [-0.05, 0) is 42.4 Å². The number of amides is 2. The maximum Gasteiger partial charge on any atom is 0.315 e. The molecule has 0 aliphatic carbocycles. The van der Waals surface area contributed by atoms with Crippen molar-refractivity contribution in [3.05, 3.63) is 29.8 Å². The number of rotatable bonds is 7. The topological polar surface area (TPSA) is 50.4 Å². The Morgan fingerprint density at radius 1 is 1.38 bits per heavy atom. The minimum atomic E-state index is -0.0940. The number of carbonyl (C=O) groups is 1. The van der Waals surface area contributed by atoms with Crippen LogP contribution >= 0.6 is 11.8 Å². The molecule has 5 heteroatoms. The lowest BCUT2D eigenvalue weighted by molar-refractivity contribution is 0.214. The molecule has 0 radical (unpaired) electrons. The van der Waals surface area contributed by atoms with Gasteiger partial charge in [-0.2, -0.15) is 11.8 Å². The van der Waals surface area contributed by atoms with Crippen LogP contribution < -0.4 is 15.4 Å². The van der Waals surface area contributed by atoms with E-state index >= 15 is 0 Å². The SMILES string of the molecule is CCCSCCCNC(=O)N[C@H]1COc2ccccc2C1. The molecule has 1 heterocycles. The first kappa shape index (κ1) is 16.0. The van der Waals surface area contributed by atoms with E-state index in [-0.39, 0.29) is 12.1 Å². The lowest BCUT2D eigenvalue weighted by atomic mass is 10.0. The maximum absolute atomic E-state index is 11.8. The van der Waals surface area contributed by atoms with Gasteiger partial charge in [0.2, 0.25) is 0 Å². The first-order valence-electron chi connectivity index (χ1n) is 7.62. The third-order valence-corrected chi connectivity index (χ3v) is 4.59. The number of hydrogen-bond donors (Lipinski definition) is 2. The van der Waals surface area contributed by atoms with E-state index in [4.69, 9.17) is 4.74 Å². The van der Waals surface area contributed by atoms with Gasteiger partial charge in [0.25, 0.3) is 0 Å². The molecule has 0 unspecified atom stereocenters. The van der Waals surface area contributed by atoms with Crippen LogP contribution in [0.15, 0.2) is 24.3 Å². The van der Waals surface area contributed by atoms with Gasteiger partial charge in [-0.3, -0.25) is 0 Å². The van der Waals surface area contributed by atoms with E-state index in [2.05, 4.69) is 17.6 Å². The van der Waals surface area contributed by atoms with Gasteiger partial charge in [0.15, 0.2) is 0 Å². The number of carbonyl (C=O) groups excluding carboxylic acids is 1. The molecule has 1 aromatic carbocycles. The van der Waals surface area contributed by atoms with E-state index in [1.165, 1.54) is 12.2 Å². The molecule has 0 saturated carbocycles. The second kappa shape index (κ2) is 8.82. The molecule has 0 bridgehead atoms. The molecule has 21 heavy (non-hydrogen) atoms. The molecule has 0 saturated heterocycles. The number of benzene rings is 1. The third-order valence-electron chi connectivity index (χ3n) is 3.31. The van der Waals surface area contributed by atoms with Crippen molar-refractivity contribution in [3.8, 4) is 5.75 Å². The first-order valence-corrected chi connectivity index (χ1v) is 8.78. The summed E-state index contributed by atoms with van der Waals surface area (Å²) in [7, 11) is 0. The summed E-state index contributed by atoms with van der Waals surface area (Å²) in [6.45, 7) is 3.45. The summed E-state index contributed by atoms with van der Waals surface area (Å²) >= 11 is 1.94. The third kappa shape index (κ3) is 5.50. The number of hydrogen-bond acceptors (Lipinski definition) is 3. The largest absolute Gasteiger partial charge is 0.491 e. The van der Waals surface area contributed by atoms with Gasteiger partial charge >= 0.3 is 6.03 Å². The van der Waals surface area contributed by atoms with Crippen molar-refractivity contribution in [1.29, 1.82) is 0 Å². The normalized spacial score (nSPS) is 16.7. The van der Waals surface area contributed by atoms with Crippen molar-refractivity contribution in [1.82, 2.24) is 10.6 Å². The predicted octanol–water partition coefficient (Wildman–Crippen LogP) is 2.82. The molecule has 2 rings (SSSR count). The summed E-state index contributed by atoms with van der Waals surface area (Å²) in [4.78, 5) is 11.8. The highest BCUT2D eigenvalue weighted by Gasteiger charge is 2.20. The van der Waals surface area contributed by atoms with Gasteiger partial charge in [-0.25, -0.2) is 4.79 Å². The first-order chi connectivity index (χ1) is 10.3. The number of urea groups is 1. The Hall–Kier alpha value is -1.36. The zero-order chi connectivity index (χ0) is 14.9. The molecule has 116 valence electrons. The van der Waals surface area contributed by atoms with Gasteiger partial charge in [-0.1, -0.05) is 25.1 Å². The van der Waals surface area contributed by atoms with Gasteiger partial charge in [0.05, 0.1) is 6.04 Å². The van der Waals surface area contributed by atoms with E-state index in [1.807, 2.05) is 36.0 Å². The van der Waals surface area contributed by atoms with Gasteiger partial charge in [0.1, 0.15) is 12.4 Å². The maximum atomic E-state index is 11.8. The summed E-state index contributed by atoms with van der Waals surface area (Å²) in [5.74, 6) is 3.24. The van der Waals surface area contributed by atoms with Crippen LogP contribution in [-0.4, -0.2) is 36.7 Å². The van der Waals surface area contributed by atoms with Crippen molar-refractivity contribution in [3.63, 3.8) is 0 Å². The molecule has 1 aromatic rings. The molecule has 1 aliphatic rings. The van der Waals surface area contributed by atoms with Gasteiger partial charge in [0, 0.05) is 6.54 Å². The monoisotopic (exact) mass is 308 g/mol. The second-order valence-electron chi connectivity index (χ2n) is 5.19. The van der Waals surface area contributed by atoms with E-state index in [0.717, 1.165) is 36.5 Å². The Bertz CT molecular complexity index is 454. The number of thioether (sulfide) groups is 1. The van der Waals surface area contributed by atoms with Crippen LogP contribution in [-0.2, 0) is 6.42 Å². The summed E-state index contributed by atoms with van der Waals surface area (Å²) < 4.78 is 5.66. The molecular formula is C16H24N2O2S. The number of fused-ring (bicyclic) bond motifs is 1. The number of ether oxygens (including phenoxy) is 1. The van der Waals surface area contributed by atoms with Gasteiger partial charge < -0.3 is 15.4 Å². The molecule has 1 atom stereocenters. The van der Waals surface area contributed by atoms with Crippen LogP contribution in [0.4, 0.5) is 4.79 Å². The zero-order valence-corrected chi connectivity index (χ0v) is 13.4. The average Bonchev–Trinajstić information content (AvgIpc) is 2.50. The predicted molar refractivity (Wildman–Crippen MR) is 88.2 cm³/mol. The molecule has 4 nitrogen and oxygen atoms in total. The van der Waals surface area contributed by atoms with E-state index in [1.54, 1.807) is 0 Å². The zero-order valence-electron chi connectivity index (χ0n) is 12.6. The number of nitrogens with one attached hydrogen (secondary N) is 2. The summed E-state index contributed by atoms with van der Waals surface area (Å²) in [5, 5.41) is 5.89. The Morgan fingerprint density at radius 2 is 2.24 bits per heavy atom. The van der Waals surface area contributed by atoms with Crippen LogP contribution in [0, 0.1) is 0 Å². The fraction of sp³-hybridized carbons (Fsp3) is 0.562. The molecule has 0 spiro atoms. The second-order valence-corrected chi connectivity index (χ2v) is 6.41. The molecular weight excluding hydrogens is 284 g/mol. The van der Waals surface area contributed by atoms with E-state index in [0.29, 0.717) is 6.61 Å². The fourth-order valence-corrected chi connectivity index (χ4v) is 3.12. The van der Waals surface area contributed by atoms with Crippen molar-refractivity contribution < 1.29 is 9.53 Å². The Labute approximate surface area is 131 Å². The quantitative estimate of drug-likeness (QED) is 0.762. The van der Waals surface area contributed by atoms with Crippen LogP contribution in [0.5, 0.6) is 5.75 Å². The molecule has 0 aromatic heterocycles. The lowest BCUT2D eigenvalue weighted by Crippen LogP contribution is -2.47. The highest BCUT2D eigenvalue weighted by Crippen LogP contribution is 2.23. The molecule has 2 N–H and O–H groups in total. The van der Waals surface area contributed by atoms with Crippen LogP contribution in [0.1, 0.15) is 25.3 Å². The van der Waals surface area contributed by atoms with Gasteiger partial charge in [-0.15, -0.1) is 0 Å². The highest BCUT2D eigenvalue weighted by atomic mass is 32.2. The molecule has 1 aliphatic heterocycles. The lowest BCUT2D eigenvalue weighted by Gasteiger charge is -2.26. The Kier molecular flexibility index (Phi) is 6.73. The Balaban J connectivity index is 1.63. The summed E-state index contributed by atoms with van der Waals surface area (Å²) in [6, 6.07) is 7.94. The van der Waals surface area contributed by atoms with Crippen molar-refractivity contribution >= 4 is 17.8 Å². The van der Waals surface area contributed by atoms with Crippen LogP contribution in [0.3, 0.4) is 0 Å². The number of para-hydroxylation sites is 1. The minimum absolute atomic E-state index is 0.0503. The minimum Gasteiger partial charge on any atom is -0.491 e. The van der Waals surface area contributed by atoms with Crippen molar-refractivity contribution in [2.45, 2.75) is 32.2 Å². The summed E-state index contributed by atoms with van der Waals surface area (Å²) in [6.07, 6.45) is 3.06. The van der Waals surface area contributed by atoms with Crippen LogP contribution in [0.2, 0.25) is 0 Å². The van der Waals surface area contributed by atoms with E-state index in [9.17, 15) is 4.79 Å². The smallest absolute Gasteiger partial charge is 0.315 e. The van der Waals surface area contributed by atoms with Crippen molar-refractivity contribution in [2.24, 2.45) is 0 Å². The Morgan fingerprint density at radius 3 is 3.10 bits per heavy atom. The molecule has 0 fully saturated rings. The summed E-state index contributed by atoms with van der Waals surface area (Å²) in [5.41, 5.74) is 1.16. The molecule has 2 amide bonds. The average molecular weight is 308 g/mol. The van der Waals surface area contributed by atoms with E-state index < -0.39 is 0 Å². The van der Waals surface area contributed by atoms with Crippen LogP contribution in [0.25, 0.3) is 0 Å². The standard InChI is InChI=1S/C16H24N2O2S/c1-2-9-21-10-5-8-17-16(19)18-14-11-13-6-3-4-7-15(13)20-12-14/h3-4,6-7,14H,2,5,8-12H2,1H3,(H2,17,18,19)/t14-/m1/s1. The fourth-order valence-electron chi connectivity index (χ4n) is 2.28. The van der Waals surface area contributed by atoms with Crippen molar-refractivity contribution in [2.75, 3.05) is 24.7 Å². The highest BCUT2D eigenvalue weighted by molar-refractivity contribution is 7.99.